The van der Waals surface area contributed by atoms with E-state index in [-0.39, 0.29) is 11.4 Å². The molecule has 0 spiro atoms. The van der Waals surface area contributed by atoms with Gasteiger partial charge in [-0.3, -0.25) is 0 Å². The van der Waals surface area contributed by atoms with Gasteiger partial charge in [-0.2, -0.15) is 4.57 Å². The largest absolute Gasteiger partial charge is 0.456 e. The van der Waals surface area contributed by atoms with E-state index in [1.807, 2.05) is 6.92 Å². The van der Waals surface area contributed by atoms with Crippen molar-refractivity contribution in [2.45, 2.75) is 13.8 Å². The second-order valence-corrected chi connectivity index (χ2v) is 6.06. The van der Waals surface area contributed by atoms with Crippen LogP contribution in [-0.2, 0) is 7.05 Å². The molecule has 0 amide bonds. The van der Waals surface area contributed by atoms with Gasteiger partial charge in [0.15, 0.2) is 11.5 Å². The van der Waals surface area contributed by atoms with E-state index in [1.54, 1.807) is 41.9 Å². The fourth-order valence-corrected chi connectivity index (χ4v) is 3.29. The zero-order chi connectivity index (χ0) is 20.2. The van der Waals surface area contributed by atoms with Crippen molar-refractivity contribution < 1.29 is 17.5 Å². The van der Waals surface area contributed by atoms with Crippen molar-refractivity contribution in [3.05, 3.63) is 71.0 Å². The second-order valence-electron chi connectivity index (χ2n) is 6.06. The van der Waals surface area contributed by atoms with Gasteiger partial charge in [0.1, 0.15) is 18.2 Å². The normalized spacial score (nSPS) is 13.4. The molecule has 0 saturated carbocycles. The average Bonchev–Trinajstić information content (AvgIpc) is 2.99. The van der Waals surface area contributed by atoms with Crippen LogP contribution in [-0.4, -0.2) is 0 Å². The van der Waals surface area contributed by atoms with Crippen LogP contribution >= 0.6 is 0 Å². The van der Waals surface area contributed by atoms with Crippen molar-refractivity contribution in [2.24, 2.45) is 7.05 Å². The van der Waals surface area contributed by atoms with Gasteiger partial charge in [-0.25, -0.2) is 9.24 Å². The van der Waals surface area contributed by atoms with Crippen molar-refractivity contribution in [2.75, 3.05) is 0 Å². The molecule has 0 saturated heterocycles. The van der Waals surface area contributed by atoms with Crippen LogP contribution in [0.1, 0.15) is 15.2 Å². The maximum atomic E-state index is 13.6. The number of hydrogen-bond acceptors (Lipinski definition) is 1. The molecule has 2 aromatic carbocycles. The summed E-state index contributed by atoms with van der Waals surface area (Å²) in [6.07, 6.45) is 1.36. The lowest BCUT2D eigenvalue weighted by atomic mass is 9.97. The van der Waals surface area contributed by atoms with Crippen LogP contribution in [0.25, 0.3) is 38.0 Å². The Morgan fingerprint density at radius 2 is 2.04 bits per heavy atom. The standard InChI is InChI=1S/C21H16FN2O/c1-12-9-13(2)20(17-8-5-14(22)11-24(17)4)21-19(12)16-7-6-15(23-3)10-18(16)25-21/h5-11H,1-2,4H3/q+1/i1D3. The Morgan fingerprint density at radius 1 is 1.20 bits per heavy atom. The molecular weight excluding hydrogens is 315 g/mol. The highest BCUT2D eigenvalue weighted by atomic mass is 19.1. The number of hydrogen-bond donors (Lipinski definition) is 0. The van der Waals surface area contributed by atoms with Crippen molar-refractivity contribution in [3.63, 3.8) is 0 Å². The molecule has 0 fully saturated rings. The lowest BCUT2D eigenvalue weighted by molar-refractivity contribution is -0.661. The molecule has 25 heavy (non-hydrogen) atoms. The number of furan rings is 1. The third-order valence-corrected chi connectivity index (χ3v) is 4.41. The van der Waals surface area contributed by atoms with Gasteiger partial charge in [-0.1, -0.05) is 18.2 Å². The zero-order valence-electron chi connectivity index (χ0n) is 16.7. The number of aromatic nitrogens is 1. The Labute approximate surface area is 149 Å². The molecule has 0 aliphatic rings. The van der Waals surface area contributed by atoms with Crippen molar-refractivity contribution >= 4 is 27.6 Å². The van der Waals surface area contributed by atoms with E-state index in [2.05, 4.69) is 4.85 Å². The van der Waals surface area contributed by atoms with E-state index in [4.69, 9.17) is 15.1 Å². The van der Waals surface area contributed by atoms with Gasteiger partial charge in [0.2, 0.25) is 11.9 Å². The molecule has 0 aliphatic heterocycles. The van der Waals surface area contributed by atoms with Gasteiger partial charge in [-0.15, -0.1) is 0 Å². The fourth-order valence-electron chi connectivity index (χ4n) is 3.29. The first-order valence-corrected chi connectivity index (χ1v) is 7.74. The third kappa shape index (κ3) is 2.28. The highest BCUT2D eigenvalue weighted by molar-refractivity contribution is 6.12. The van der Waals surface area contributed by atoms with Crippen LogP contribution in [0.3, 0.4) is 0 Å². The summed E-state index contributed by atoms with van der Waals surface area (Å²) < 4.78 is 45.3. The molecule has 0 atom stereocenters. The van der Waals surface area contributed by atoms with Crippen molar-refractivity contribution in [1.82, 2.24) is 0 Å². The van der Waals surface area contributed by atoms with Gasteiger partial charge >= 0.3 is 0 Å². The van der Waals surface area contributed by atoms with Gasteiger partial charge in [0, 0.05) is 21.0 Å². The molecular formula is C21H16FN2O+. The van der Waals surface area contributed by atoms with Gasteiger partial charge in [-0.05, 0) is 37.0 Å². The zero-order valence-corrected chi connectivity index (χ0v) is 13.7. The van der Waals surface area contributed by atoms with E-state index in [9.17, 15) is 4.39 Å². The Kier molecular flexibility index (Phi) is 2.65. The summed E-state index contributed by atoms with van der Waals surface area (Å²) >= 11 is 0. The number of rotatable bonds is 1. The molecule has 3 nitrogen and oxygen atoms in total. The smallest absolute Gasteiger partial charge is 0.216 e. The first-order chi connectivity index (χ1) is 13.2. The quantitative estimate of drug-likeness (QED) is 0.338. The average molecular weight is 334 g/mol. The van der Waals surface area contributed by atoms with Gasteiger partial charge in [0.05, 0.1) is 12.1 Å². The number of aryl methyl sites for hydroxylation is 3. The molecule has 0 aliphatic carbocycles. The van der Waals surface area contributed by atoms with Crippen molar-refractivity contribution in [3.8, 4) is 11.3 Å². The summed E-state index contributed by atoms with van der Waals surface area (Å²) in [4.78, 5) is 3.42. The maximum absolute atomic E-state index is 13.6. The topological polar surface area (TPSA) is 21.4 Å². The summed E-state index contributed by atoms with van der Waals surface area (Å²) in [6, 6.07) is 9.61. The molecule has 0 N–H and O–H groups in total. The predicted octanol–water partition coefficient (Wildman–Crippen LogP) is 5.38. The number of halogens is 1. The van der Waals surface area contributed by atoms with Gasteiger partial charge < -0.3 is 4.42 Å². The summed E-state index contributed by atoms with van der Waals surface area (Å²) in [5.41, 5.74) is 3.59. The number of benzene rings is 2. The first-order valence-electron chi connectivity index (χ1n) is 9.24. The Hall–Kier alpha value is -3.19. The molecule has 4 heteroatoms. The minimum atomic E-state index is -2.33. The molecule has 0 bridgehead atoms. The molecule has 4 rings (SSSR count). The van der Waals surface area contributed by atoms with Gasteiger partial charge in [0.25, 0.3) is 0 Å². The van der Waals surface area contributed by atoms with Crippen molar-refractivity contribution in [1.29, 1.82) is 0 Å². The summed E-state index contributed by atoms with van der Waals surface area (Å²) in [7, 11) is 1.72. The molecule has 2 aromatic heterocycles. The number of fused-ring (bicyclic) bond motifs is 3. The van der Waals surface area contributed by atoms with E-state index in [1.165, 1.54) is 12.3 Å². The van der Waals surface area contributed by atoms with E-state index in [0.717, 1.165) is 0 Å². The van der Waals surface area contributed by atoms with E-state index in [0.29, 0.717) is 44.4 Å². The summed E-state index contributed by atoms with van der Waals surface area (Å²) in [5, 5.41) is 1.14. The van der Waals surface area contributed by atoms with Crippen LogP contribution in [0, 0.1) is 26.2 Å². The Bertz CT molecular complexity index is 1300. The number of pyridine rings is 1. The van der Waals surface area contributed by atoms with E-state index >= 15 is 0 Å². The SMILES string of the molecule is [2H]C([2H])([2H])c1cc(C)c(-c2ccc(F)c[n+]2C)c2oc3cc([N+]#[C-])ccc3c12. The van der Waals surface area contributed by atoms with Crippen LogP contribution in [0.5, 0.6) is 0 Å². The highest BCUT2D eigenvalue weighted by Gasteiger charge is 2.22. The Morgan fingerprint density at radius 3 is 2.76 bits per heavy atom. The molecule has 0 radical (unpaired) electrons. The maximum Gasteiger partial charge on any atom is 0.216 e. The number of nitrogens with zero attached hydrogens (tertiary/aromatic N) is 2. The fraction of sp³-hybridized carbons (Fsp3) is 0.143. The molecule has 2 heterocycles. The molecule has 0 unspecified atom stereocenters. The summed E-state index contributed by atoms with van der Waals surface area (Å²) in [5.74, 6) is -0.370. The third-order valence-electron chi connectivity index (χ3n) is 4.41. The summed E-state index contributed by atoms with van der Waals surface area (Å²) in [6.45, 7) is 6.69. The minimum absolute atomic E-state index is 0.197. The monoisotopic (exact) mass is 334 g/mol. The minimum Gasteiger partial charge on any atom is -0.456 e. The van der Waals surface area contributed by atoms with Crippen LogP contribution in [0.4, 0.5) is 10.1 Å². The molecule has 4 aromatic rings. The van der Waals surface area contributed by atoms with Crippen LogP contribution in [0.15, 0.2) is 47.0 Å². The second kappa shape index (κ2) is 5.42. The van der Waals surface area contributed by atoms with Crippen LogP contribution < -0.4 is 4.57 Å². The Balaban J connectivity index is 2.21. The predicted molar refractivity (Wildman–Crippen MR) is 96.0 cm³/mol. The first kappa shape index (κ1) is 12.2. The highest BCUT2D eigenvalue weighted by Crippen LogP contribution is 2.39. The lowest BCUT2D eigenvalue weighted by Gasteiger charge is -2.07. The van der Waals surface area contributed by atoms with E-state index < -0.39 is 6.85 Å². The molecule has 122 valence electrons. The van der Waals surface area contributed by atoms with Crippen LogP contribution in [0.2, 0.25) is 0 Å². The lowest BCUT2D eigenvalue weighted by Crippen LogP contribution is -2.31.